The molecular formula is C16H25NO2. The van der Waals surface area contributed by atoms with Crippen molar-refractivity contribution in [2.75, 3.05) is 11.9 Å². The second-order valence-electron chi connectivity index (χ2n) is 5.75. The molecule has 0 radical (unpaired) electrons. The lowest BCUT2D eigenvalue weighted by Crippen LogP contribution is -2.30. The summed E-state index contributed by atoms with van der Waals surface area (Å²) in [6.45, 7) is 9.99. The van der Waals surface area contributed by atoms with Crippen molar-refractivity contribution in [3.05, 3.63) is 29.3 Å². The predicted octanol–water partition coefficient (Wildman–Crippen LogP) is 3.32. The molecule has 19 heavy (non-hydrogen) atoms. The highest BCUT2D eigenvalue weighted by atomic mass is 16.3. The zero-order chi connectivity index (χ0) is 14.6. The van der Waals surface area contributed by atoms with Gasteiger partial charge in [0.1, 0.15) is 0 Å². The molecule has 0 heterocycles. The molecule has 1 aromatic rings. The van der Waals surface area contributed by atoms with Gasteiger partial charge in [0.2, 0.25) is 5.91 Å². The van der Waals surface area contributed by atoms with Crippen molar-refractivity contribution >= 4 is 11.6 Å². The summed E-state index contributed by atoms with van der Waals surface area (Å²) in [5, 5.41) is 12.2. The van der Waals surface area contributed by atoms with Crippen LogP contribution in [0.5, 0.6) is 0 Å². The van der Waals surface area contributed by atoms with Crippen LogP contribution in [0.4, 0.5) is 5.69 Å². The maximum Gasteiger partial charge on any atom is 0.230 e. The van der Waals surface area contributed by atoms with Gasteiger partial charge in [-0.15, -0.1) is 0 Å². The zero-order valence-electron chi connectivity index (χ0n) is 12.5. The molecule has 3 nitrogen and oxygen atoms in total. The van der Waals surface area contributed by atoms with E-state index in [1.807, 2.05) is 32.9 Å². The van der Waals surface area contributed by atoms with Gasteiger partial charge in [-0.2, -0.15) is 0 Å². The highest BCUT2D eigenvalue weighted by Gasteiger charge is 2.21. The summed E-state index contributed by atoms with van der Waals surface area (Å²) < 4.78 is 0. The van der Waals surface area contributed by atoms with E-state index in [1.54, 1.807) is 0 Å². The zero-order valence-corrected chi connectivity index (χ0v) is 12.5. The Hall–Kier alpha value is -1.35. The SMILES string of the molecule is Cc1ccc(C(C)C)cc1NC(=O)C(CO)C(C)C. The Kier molecular flexibility index (Phi) is 5.55. The van der Waals surface area contributed by atoms with Crippen molar-refractivity contribution in [1.29, 1.82) is 0 Å². The van der Waals surface area contributed by atoms with Crippen LogP contribution in [0.25, 0.3) is 0 Å². The third-order valence-electron chi connectivity index (χ3n) is 3.52. The number of aryl methyl sites for hydroxylation is 1. The number of carbonyl (C=O) groups excluding carboxylic acids is 1. The fourth-order valence-corrected chi connectivity index (χ4v) is 1.96. The van der Waals surface area contributed by atoms with Crippen LogP contribution in [0.2, 0.25) is 0 Å². The second kappa shape index (κ2) is 6.71. The van der Waals surface area contributed by atoms with Crippen molar-refractivity contribution in [2.24, 2.45) is 11.8 Å². The van der Waals surface area contributed by atoms with Crippen LogP contribution >= 0.6 is 0 Å². The van der Waals surface area contributed by atoms with Crippen LogP contribution in [0.15, 0.2) is 18.2 Å². The molecule has 0 spiro atoms. The summed E-state index contributed by atoms with van der Waals surface area (Å²) in [7, 11) is 0. The monoisotopic (exact) mass is 263 g/mol. The Balaban J connectivity index is 2.92. The second-order valence-corrected chi connectivity index (χ2v) is 5.75. The molecule has 106 valence electrons. The van der Waals surface area contributed by atoms with Gasteiger partial charge in [-0.05, 0) is 36.0 Å². The maximum atomic E-state index is 12.1. The topological polar surface area (TPSA) is 49.3 Å². The molecule has 0 saturated carbocycles. The van der Waals surface area contributed by atoms with Gasteiger partial charge in [-0.25, -0.2) is 0 Å². The molecule has 1 atom stereocenters. The van der Waals surface area contributed by atoms with E-state index in [2.05, 4.69) is 25.2 Å². The number of anilines is 1. The molecule has 0 aliphatic heterocycles. The van der Waals surface area contributed by atoms with Crippen molar-refractivity contribution in [3.63, 3.8) is 0 Å². The lowest BCUT2D eigenvalue weighted by atomic mass is 9.95. The molecule has 0 aliphatic rings. The van der Waals surface area contributed by atoms with E-state index in [0.717, 1.165) is 11.3 Å². The van der Waals surface area contributed by atoms with Gasteiger partial charge in [0, 0.05) is 5.69 Å². The number of aliphatic hydroxyl groups is 1. The molecule has 0 bridgehead atoms. The number of nitrogens with one attached hydrogen (secondary N) is 1. The molecule has 0 saturated heterocycles. The van der Waals surface area contributed by atoms with E-state index in [-0.39, 0.29) is 24.3 Å². The molecule has 2 N–H and O–H groups in total. The first kappa shape index (κ1) is 15.7. The Morgan fingerprint density at radius 2 is 1.89 bits per heavy atom. The van der Waals surface area contributed by atoms with Crippen LogP contribution in [0.1, 0.15) is 44.7 Å². The Morgan fingerprint density at radius 3 is 2.37 bits per heavy atom. The molecule has 3 heteroatoms. The summed E-state index contributed by atoms with van der Waals surface area (Å²) in [5.41, 5.74) is 3.08. The van der Waals surface area contributed by atoms with Gasteiger partial charge in [0.15, 0.2) is 0 Å². The minimum atomic E-state index is -0.359. The highest BCUT2D eigenvalue weighted by Crippen LogP contribution is 2.23. The van der Waals surface area contributed by atoms with Crippen molar-refractivity contribution in [2.45, 2.75) is 40.5 Å². The number of hydrogen-bond acceptors (Lipinski definition) is 2. The van der Waals surface area contributed by atoms with Crippen molar-refractivity contribution < 1.29 is 9.90 Å². The smallest absolute Gasteiger partial charge is 0.230 e. The Morgan fingerprint density at radius 1 is 1.26 bits per heavy atom. The summed E-state index contributed by atoms with van der Waals surface area (Å²) in [6, 6.07) is 6.13. The molecule has 0 fully saturated rings. The minimum Gasteiger partial charge on any atom is -0.396 e. The van der Waals surface area contributed by atoms with E-state index < -0.39 is 0 Å². The fraction of sp³-hybridized carbons (Fsp3) is 0.562. The third kappa shape index (κ3) is 4.06. The first-order valence-corrected chi connectivity index (χ1v) is 6.89. The largest absolute Gasteiger partial charge is 0.396 e. The van der Waals surface area contributed by atoms with Crippen LogP contribution in [-0.4, -0.2) is 17.6 Å². The lowest BCUT2D eigenvalue weighted by Gasteiger charge is -2.19. The van der Waals surface area contributed by atoms with Crippen LogP contribution < -0.4 is 5.32 Å². The highest BCUT2D eigenvalue weighted by molar-refractivity contribution is 5.93. The third-order valence-corrected chi connectivity index (χ3v) is 3.52. The molecular weight excluding hydrogens is 238 g/mol. The Labute approximate surface area is 116 Å². The summed E-state index contributed by atoms with van der Waals surface area (Å²) in [6.07, 6.45) is 0. The number of aliphatic hydroxyl groups excluding tert-OH is 1. The van der Waals surface area contributed by atoms with Gasteiger partial charge in [-0.3, -0.25) is 4.79 Å². The first-order chi connectivity index (χ1) is 8.86. The van der Waals surface area contributed by atoms with E-state index >= 15 is 0 Å². The summed E-state index contributed by atoms with van der Waals surface area (Å²) >= 11 is 0. The molecule has 1 amide bonds. The average Bonchev–Trinajstić information content (AvgIpc) is 2.31. The maximum absolute atomic E-state index is 12.1. The van der Waals surface area contributed by atoms with E-state index in [4.69, 9.17) is 0 Å². The molecule has 1 aromatic carbocycles. The normalized spacial score (nSPS) is 12.8. The van der Waals surface area contributed by atoms with E-state index in [0.29, 0.717) is 5.92 Å². The van der Waals surface area contributed by atoms with Gasteiger partial charge < -0.3 is 10.4 Å². The van der Waals surface area contributed by atoms with Gasteiger partial charge in [0.25, 0.3) is 0 Å². The summed E-state index contributed by atoms with van der Waals surface area (Å²) in [5.74, 6) is 0.0807. The fourth-order valence-electron chi connectivity index (χ4n) is 1.96. The predicted molar refractivity (Wildman–Crippen MR) is 79.3 cm³/mol. The molecule has 1 unspecified atom stereocenters. The van der Waals surface area contributed by atoms with Crippen LogP contribution in [0, 0.1) is 18.8 Å². The number of carbonyl (C=O) groups is 1. The van der Waals surface area contributed by atoms with Crippen molar-refractivity contribution in [1.82, 2.24) is 0 Å². The number of rotatable bonds is 5. The average molecular weight is 263 g/mol. The number of amides is 1. The van der Waals surface area contributed by atoms with Gasteiger partial charge in [0.05, 0.1) is 12.5 Å². The summed E-state index contributed by atoms with van der Waals surface area (Å²) in [4.78, 5) is 12.1. The molecule has 1 rings (SSSR count). The van der Waals surface area contributed by atoms with Gasteiger partial charge >= 0.3 is 0 Å². The van der Waals surface area contributed by atoms with Gasteiger partial charge in [-0.1, -0.05) is 39.8 Å². The van der Waals surface area contributed by atoms with Crippen LogP contribution in [0.3, 0.4) is 0 Å². The van der Waals surface area contributed by atoms with E-state index in [1.165, 1.54) is 5.56 Å². The lowest BCUT2D eigenvalue weighted by molar-refractivity contribution is -0.122. The standard InChI is InChI=1S/C16H25NO2/c1-10(2)13-7-6-12(5)15(8-13)17-16(19)14(9-18)11(3)4/h6-8,10-11,14,18H,9H2,1-5H3,(H,17,19). The first-order valence-electron chi connectivity index (χ1n) is 6.89. The van der Waals surface area contributed by atoms with E-state index in [9.17, 15) is 9.90 Å². The Bertz CT molecular complexity index is 438. The minimum absolute atomic E-state index is 0.110. The quantitative estimate of drug-likeness (QED) is 0.856. The number of benzene rings is 1. The van der Waals surface area contributed by atoms with Crippen LogP contribution in [-0.2, 0) is 4.79 Å². The van der Waals surface area contributed by atoms with Crippen molar-refractivity contribution in [3.8, 4) is 0 Å². The molecule has 0 aliphatic carbocycles. The molecule has 0 aromatic heterocycles. The number of hydrogen-bond donors (Lipinski definition) is 2.